The van der Waals surface area contributed by atoms with Gasteiger partial charge in [-0.05, 0) is 54.0 Å². The Balaban J connectivity index is 1.83. The van der Waals surface area contributed by atoms with E-state index in [4.69, 9.17) is 4.74 Å². The molecule has 24 heavy (non-hydrogen) atoms. The van der Waals surface area contributed by atoms with Crippen molar-refractivity contribution in [1.82, 2.24) is 0 Å². The zero-order chi connectivity index (χ0) is 17.2. The Morgan fingerprint density at radius 3 is 1.92 bits per heavy atom. The lowest BCUT2D eigenvalue weighted by Gasteiger charge is -2.13. The second kappa shape index (κ2) is 10.2. The van der Waals surface area contributed by atoms with Crippen molar-refractivity contribution in [1.29, 1.82) is 0 Å². The van der Waals surface area contributed by atoms with Gasteiger partial charge in [-0.25, -0.2) is 0 Å². The van der Waals surface area contributed by atoms with Gasteiger partial charge in [0.1, 0.15) is 12.4 Å². The van der Waals surface area contributed by atoms with Crippen LogP contribution in [-0.4, -0.2) is 0 Å². The molecule has 0 fully saturated rings. The fraction of sp³-hybridized carbons (Fsp3) is 0.478. The maximum absolute atomic E-state index is 5.93. The van der Waals surface area contributed by atoms with E-state index in [-0.39, 0.29) is 0 Å². The zero-order valence-corrected chi connectivity index (χ0v) is 15.6. The summed E-state index contributed by atoms with van der Waals surface area (Å²) in [7, 11) is 0. The van der Waals surface area contributed by atoms with Crippen LogP contribution in [-0.2, 0) is 19.4 Å². The summed E-state index contributed by atoms with van der Waals surface area (Å²) in [5.74, 6) is 1.75. The van der Waals surface area contributed by atoms with Crippen LogP contribution >= 0.6 is 0 Å². The molecule has 0 bridgehead atoms. The number of hydrogen-bond acceptors (Lipinski definition) is 1. The Labute approximate surface area is 148 Å². The first kappa shape index (κ1) is 18.6. The minimum Gasteiger partial charge on any atom is -0.489 e. The lowest BCUT2D eigenvalue weighted by Crippen LogP contribution is -2.01. The van der Waals surface area contributed by atoms with E-state index in [1.807, 2.05) is 0 Å². The highest BCUT2D eigenvalue weighted by molar-refractivity contribution is 5.28. The van der Waals surface area contributed by atoms with Crippen LogP contribution in [0.4, 0.5) is 0 Å². The van der Waals surface area contributed by atoms with Crippen LogP contribution in [0.1, 0.15) is 63.1 Å². The van der Waals surface area contributed by atoms with Crippen LogP contribution in [0, 0.1) is 5.92 Å². The Morgan fingerprint density at radius 2 is 1.33 bits per heavy atom. The average molecular weight is 325 g/mol. The second-order valence-corrected chi connectivity index (χ2v) is 6.74. The molecule has 0 heterocycles. The SMILES string of the molecule is CCCCc1ccc(COc2ccc(CC(CC)CC)cc2)cc1. The highest BCUT2D eigenvalue weighted by atomic mass is 16.5. The molecule has 0 aliphatic carbocycles. The van der Waals surface area contributed by atoms with Gasteiger partial charge in [0.2, 0.25) is 0 Å². The number of ether oxygens (including phenoxy) is 1. The van der Waals surface area contributed by atoms with Gasteiger partial charge < -0.3 is 4.74 Å². The van der Waals surface area contributed by atoms with Crippen molar-refractivity contribution in [3.63, 3.8) is 0 Å². The van der Waals surface area contributed by atoms with Gasteiger partial charge in [0.05, 0.1) is 0 Å². The number of aryl methyl sites for hydroxylation is 1. The Hall–Kier alpha value is -1.76. The van der Waals surface area contributed by atoms with Gasteiger partial charge >= 0.3 is 0 Å². The number of hydrogen-bond donors (Lipinski definition) is 0. The lowest BCUT2D eigenvalue weighted by atomic mass is 9.95. The molecule has 0 aliphatic rings. The highest BCUT2D eigenvalue weighted by Gasteiger charge is 2.05. The third-order valence-corrected chi connectivity index (χ3v) is 4.85. The lowest BCUT2D eigenvalue weighted by molar-refractivity contribution is 0.306. The number of rotatable bonds is 10. The monoisotopic (exact) mass is 324 g/mol. The molecule has 2 rings (SSSR count). The van der Waals surface area contributed by atoms with E-state index in [1.54, 1.807) is 0 Å². The molecule has 0 saturated carbocycles. The molecule has 0 saturated heterocycles. The molecule has 1 heteroatoms. The van der Waals surface area contributed by atoms with Gasteiger partial charge in [-0.3, -0.25) is 0 Å². The van der Waals surface area contributed by atoms with E-state index in [9.17, 15) is 0 Å². The first-order valence-electron chi connectivity index (χ1n) is 9.54. The summed E-state index contributed by atoms with van der Waals surface area (Å²) in [5.41, 5.74) is 4.07. The Bertz CT molecular complexity index is 564. The van der Waals surface area contributed by atoms with E-state index in [0.29, 0.717) is 6.61 Å². The molecule has 0 aliphatic heterocycles. The summed E-state index contributed by atoms with van der Waals surface area (Å²) in [6.07, 6.45) is 7.37. The summed E-state index contributed by atoms with van der Waals surface area (Å²) in [6, 6.07) is 17.5. The summed E-state index contributed by atoms with van der Waals surface area (Å²) in [4.78, 5) is 0. The molecule has 0 spiro atoms. The topological polar surface area (TPSA) is 9.23 Å². The highest BCUT2D eigenvalue weighted by Crippen LogP contribution is 2.19. The molecule has 1 nitrogen and oxygen atoms in total. The van der Waals surface area contributed by atoms with Crippen LogP contribution in [0.25, 0.3) is 0 Å². The quantitative estimate of drug-likeness (QED) is 0.479. The van der Waals surface area contributed by atoms with Crippen LogP contribution in [0.3, 0.4) is 0 Å². The predicted molar refractivity (Wildman–Crippen MR) is 104 cm³/mol. The largest absolute Gasteiger partial charge is 0.489 e. The van der Waals surface area contributed by atoms with E-state index in [1.165, 1.54) is 55.2 Å². The van der Waals surface area contributed by atoms with Crippen molar-refractivity contribution >= 4 is 0 Å². The fourth-order valence-electron chi connectivity index (χ4n) is 2.98. The normalized spacial score (nSPS) is 11.0. The van der Waals surface area contributed by atoms with Crippen molar-refractivity contribution in [3.05, 3.63) is 65.2 Å². The second-order valence-electron chi connectivity index (χ2n) is 6.74. The van der Waals surface area contributed by atoms with Gasteiger partial charge in [-0.15, -0.1) is 0 Å². The van der Waals surface area contributed by atoms with Crippen molar-refractivity contribution in [3.8, 4) is 5.75 Å². The molecule has 0 N–H and O–H groups in total. The van der Waals surface area contributed by atoms with Gasteiger partial charge in [0.25, 0.3) is 0 Å². The summed E-state index contributed by atoms with van der Waals surface area (Å²) < 4.78 is 5.93. The minimum atomic E-state index is 0.639. The molecule has 0 aromatic heterocycles. The maximum Gasteiger partial charge on any atom is 0.119 e. The van der Waals surface area contributed by atoms with E-state index in [0.717, 1.165) is 11.7 Å². The van der Waals surface area contributed by atoms with E-state index in [2.05, 4.69) is 69.3 Å². The van der Waals surface area contributed by atoms with E-state index >= 15 is 0 Å². The zero-order valence-electron chi connectivity index (χ0n) is 15.6. The van der Waals surface area contributed by atoms with Crippen molar-refractivity contribution in [2.75, 3.05) is 0 Å². The molecule has 2 aromatic rings. The smallest absolute Gasteiger partial charge is 0.119 e. The standard InChI is InChI=1S/C23H32O/c1-4-7-8-20-9-11-22(12-10-20)18-24-23-15-13-21(14-16-23)17-19(5-2)6-3/h9-16,19H,4-8,17-18H2,1-3H3. The maximum atomic E-state index is 5.93. The summed E-state index contributed by atoms with van der Waals surface area (Å²) in [6.45, 7) is 7.43. The Morgan fingerprint density at radius 1 is 0.750 bits per heavy atom. The molecule has 0 radical (unpaired) electrons. The molecule has 0 unspecified atom stereocenters. The summed E-state index contributed by atoms with van der Waals surface area (Å²) in [5, 5.41) is 0. The van der Waals surface area contributed by atoms with Crippen molar-refractivity contribution in [2.24, 2.45) is 5.92 Å². The number of benzene rings is 2. The molecule has 2 aromatic carbocycles. The van der Waals surface area contributed by atoms with Crippen LogP contribution in [0.5, 0.6) is 5.75 Å². The molecule has 130 valence electrons. The third kappa shape index (κ3) is 6.03. The van der Waals surface area contributed by atoms with Gasteiger partial charge in [-0.2, -0.15) is 0 Å². The van der Waals surface area contributed by atoms with Gasteiger partial charge in [0.15, 0.2) is 0 Å². The fourth-order valence-corrected chi connectivity index (χ4v) is 2.98. The van der Waals surface area contributed by atoms with E-state index < -0.39 is 0 Å². The Kier molecular flexibility index (Phi) is 7.88. The number of unbranched alkanes of at least 4 members (excludes halogenated alkanes) is 1. The summed E-state index contributed by atoms with van der Waals surface area (Å²) >= 11 is 0. The molecular weight excluding hydrogens is 292 g/mol. The first-order valence-corrected chi connectivity index (χ1v) is 9.54. The van der Waals surface area contributed by atoms with Crippen LogP contribution < -0.4 is 4.74 Å². The van der Waals surface area contributed by atoms with Gasteiger partial charge in [0, 0.05) is 0 Å². The first-order chi connectivity index (χ1) is 11.7. The van der Waals surface area contributed by atoms with Crippen molar-refractivity contribution in [2.45, 2.75) is 65.9 Å². The minimum absolute atomic E-state index is 0.639. The predicted octanol–water partition coefficient (Wildman–Crippen LogP) is 6.59. The molecular formula is C23H32O. The average Bonchev–Trinajstić information content (AvgIpc) is 2.64. The molecule has 0 amide bonds. The molecule has 0 atom stereocenters. The van der Waals surface area contributed by atoms with Crippen molar-refractivity contribution < 1.29 is 4.74 Å². The van der Waals surface area contributed by atoms with Crippen LogP contribution in [0.2, 0.25) is 0 Å². The van der Waals surface area contributed by atoms with Gasteiger partial charge in [-0.1, -0.05) is 76.4 Å². The van der Waals surface area contributed by atoms with Crippen LogP contribution in [0.15, 0.2) is 48.5 Å². The third-order valence-electron chi connectivity index (χ3n) is 4.85.